The van der Waals surface area contributed by atoms with E-state index in [2.05, 4.69) is 42.0 Å². The molecule has 1 aromatic heterocycles. The minimum atomic E-state index is -0.365. The number of rotatable bonds is 7. The van der Waals surface area contributed by atoms with Crippen molar-refractivity contribution < 1.29 is 19.1 Å². The Morgan fingerprint density at radius 3 is 2.74 bits per heavy atom. The van der Waals surface area contributed by atoms with Crippen molar-refractivity contribution in [2.45, 2.75) is 65.7 Å². The minimum Gasteiger partial charge on any atom is -0.483 e. The molecule has 0 bridgehead atoms. The molecule has 1 aliphatic rings. The summed E-state index contributed by atoms with van der Waals surface area (Å²) in [5.41, 5.74) is 3.64. The van der Waals surface area contributed by atoms with Gasteiger partial charge in [0.05, 0.1) is 12.2 Å². The Balaban J connectivity index is 1.80. The van der Waals surface area contributed by atoms with Crippen LogP contribution in [0, 0.1) is 6.92 Å². The molecule has 1 atom stereocenters. The molecule has 0 aliphatic heterocycles. The Labute approximate surface area is 196 Å². The van der Waals surface area contributed by atoms with Crippen LogP contribution in [0.4, 0.5) is 5.00 Å². The van der Waals surface area contributed by atoms with Gasteiger partial charge in [0.2, 0.25) is 0 Å². The van der Waals surface area contributed by atoms with E-state index in [1.54, 1.807) is 6.92 Å². The Hall–Kier alpha value is -1.86. The first-order valence-electron chi connectivity index (χ1n) is 10.8. The third-order valence-corrected chi connectivity index (χ3v) is 7.60. The number of amides is 1. The van der Waals surface area contributed by atoms with Gasteiger partial charge in [-0.2, -0.15) is 0 Å². The molecule has 0 saturated heterocycles. The van der Waals surface area contributed by atoms with E-state index in [1.807, 2.05) is 19.1 Å². The molecule has 1 N–H and O–H groups in total. The van der Waals surface area contributed by atoms with Crippen LogP contribution in [-0.4, -0.2) is 25.1 Å². The van der Waals surface area contributed by atoms with Crippen molar-refractivity contribution in [1.29, 1.82) is 0 Å². The third kappa shape index (κ3) is 5.32. The summed E-state index contributed by atoms with van der Waals surface area (Å²) in [6.45, 7) is 10.3. The summed E-state index contributed by atoms with van der Waals surface area (Å²) in [5.74, 6) is 0.592. The highest BCUT2D eigenvalue weighted by Crippen LogP contribution is 2.43. The molecule has 168 valence electrons. The average molecular weight is 508 g/mol. The number of hydrogen-bond acceptors (Lipinski definition) is 5. The topological polar surface area (TPSA) is 64.6 Å². The van der Waals surface area contributed by atoms with E-state index < -0.39 is 0 Å². The second-order valence-electron chi connectivity index (χ2n) is 8.29. The molecule has 1 aromatic carbocycles. The predicted octanol–water partition coefficient (Wildman–Crippen LogP) is 6.58. The Morgan fingerprint density at radius 1 is 1.32 bits per heavy atom. The van der Waals surface area contributed by atoms with Crippen LogP contribution in [0.2, 0.25) is 0 Å². The Morgan fingerprint density at radius 2 is 2.06 bits per heavy atom. The molecule has 31 heavy (non-hydrogen) atoms. The van der Waals surface area contributed by atoms with Crippen LogP contribution in [0.5, 0.6) is 5.75 Å². The molecule has 1 amide bonds. The molecular weight excluding hydrogens is 478 g/mol. The highest BCUT2D eigenvalue weighted by Gasteiger charge is 2.30. The van der Waals surface area contributed by atoms with Crippen LogP contribution in [0.15, 0.2) is 16.6 Å². The van der Waals surface area contributed by atoms with Crippen LogP contribution in [0.1, 0.15) is 84.3 Å². The lowest BCUT2D eigenvalue weighted by Gasteiger charge is -2.19. The Kier molecular flexibility index (Phi) is 7.81. The monoisotopic (exact) mass is 507 g/mol. The molecular formula is C24H30BrNO4S. The molecule has 5 nitrogen and oxygen atoms in total. The van der Waals surface area contributed by atoms with E-state index in [9.17, 15) is 9.59 Å². The number of halogens is 1. The highest BCUT2D eigenvalue weighted by atomic mass is 79.9. The van der Waals surface area contributed by atoms with E-state index in [0.717, 1.165) is 40.4 Å². The quantitative estimate of drug-likeness (QED) is 0.430. The molecule has 0 saturated carbocycles. The van der Waals surface area contributed by atoms with Crippen molar-refractivity contribution in [3.05, 3.63) is 43.7 Å². The lowest BCUT2D eigenvalue weighted by Crippen LogP contribution is -2.22. The normalized spacial score (nSPS) is 15.5. The first-order valence-corrected chi connectivity index (χ1v) is 12.4. The fraction of sp³-hybridized carbons (Fsp3) is 0.500. The maximum Gasteiger partial charge on any atom is 0.341 e. The van der Waals surface area contributed by atoms with Gasteiger partial charge < -0.3 is 14.8 Å². The molecule has 1 aliphatic carbocycles. The van der Waals surface area contributed by atoms with Gasteiger partial charge in [0.15, 0.2) is 6.61 Å². The van der Waals surface area contributed by atoms with E-state index >= 15 is 0 Å². The first-order chi connectivity index (χ1) is 14.7. The van der Waals surface area contributed by atoms with Gasteiger partial charge in [-0.3, -0.25) is 4.79 Å². The number of hydrogen-bond donors (Lipinski definition) is 1. The molecule has 7 heteroatoms. The maximum absolute atomic E-state index is 12.8. The number of benzene rings is 1. The Bertz CT molecular complexity index is 982. The molecule has 0 spiro atoms. The van der Waals surface area contributed by atoms with E-state index in [4.69, 9.17) is 9.47 Å². The zero-order chi connectivity index (χ0) is 22.7. The van der Waals surface area contributed by atoms with E-state index in [1.165, 1.54) is 16.2 Å². The summed E-state index contributed by atoms with van der Waals surface area (Å²) < 4.78 is 12.2. The van der Waals surface area contributed by atoms with E-state index in [0.29, 0.717) is 22.9 Å². The summed E-state index contributed by atoms with van der Waals surface area (Å²) in [6, 6.07) is 3.99. The molecule has 0 radical (unpaired) electrons. The lowest BCUT2D eigenvalue weighted by atomic mass is 9.86. The third-order valence-electron chi connectivity index (χ3n) is 5.56. The number of anilines is 1. The highest BCUT2D eigenvalue weighted by molar-refractivity contribution is 9.10. The maximum atomic E-state index is 12.8. The van der Waals surface area contributed by atoms with Crippen molar-refractivity contribution >= 4 is 44.1 Å². The first kappa shape index (κ1) is 23.8. The van der Waals surface area contributed by atoms with Crippen molar-refractivity contribution in [2.24, 2.45) is 0 Å². The van der Waals surface area contributed by atoms with Gasteiger partial charge in [0.1, 0.15) is 10.8 Å². The number of carbonyl (C=O) groups excluding carboxylic acids is 2. The van der Waals surface area contributed by atoms with Crippen LogP contribution < -0.4 is 10.1 Å². The van der Waals surface area contributed by atoms with Gasteiger partial charge >= 0.3 is 5.97 Å². The fourth-order valence-electron chi connectivity index (χ4n) is 3.96. The second-order valence-corrected chi connectivity index (χ2v) is 10.2. The summed E-state index contributed by atoms with van der Waals surface area (Å²) in [4.78, 5) is 26.6. The van der Waals surface area contributed by atoms with Gasteiger partial charge in [-0.1, -0.05) is 36.7 Å². The summed E-state index contributed by atoms with van der Waals surface area (Å²) >= 11 is 5.05. The average Bonchev–Trinajstić information content (AvgIpc) is 3.07. The summed E-state index contributed by atoms with van der Waals surface area (Å²) in [7, 11) is 0. The van der Waals surface area contributed by atoms with Crippen LogP contribution in [0.25, 0.3) is 0 Å². The number of thiophene rings is 1. The van der Waals surface area contributed by atoms with Crippen LogP contribution >= 0.6 is 27.3 Å². The fourth-order valence-corrected chi connectivity index (χ4v) is 5.68. The molecule has 1 unspecified atom stereocenters. The molecule has 1 heterocycles. The predicted molar refractivity (Wildman–Crippen MR) is 129 cm³/mol. The number of ether oxygens (including phenoxy) is 2. The standard InChI is InChI=1S/C24H30BrNO4S/c1-6-29-24(28)22-21-14(4)8-7-9-19(21)31-23(22)26-20(27)12-30-18-10-15(5)17(25)11-16(18)13(2)3/h10-11,13-14H,6-9,12H2,1-5H3,(H,26,27). The summed E-state index contributed by atoms with van der Waals surface area (Å²) in [6.07, 6.45) is 3.06. The van der Waals surface area contributed by atoms with Crippen LogP contribution in [0.3, 0.4) is 0 Å². The lowest BCUT2D eigenvalue weighted by molar-refractivity contribution is -0.118. The van der Waals surface area contributed by atoms with E-state index in [-0.39, 0.29) is 30.3 Å². The second kappa shape index (κ2) is 10.2. The van der Waals surface area contributed by atoms with Gasteiger partial charge in [-0.25, -0.2) is 4.79 Å². The van der Waals surface area contributed by atoms with Crippen molar-refractivity contribution in [1.82, 2.24) is 0 Å². The largest absolute Gasteiger partial charge is 0.483 e. The number of aryl methyl sites for hydroxylation is 2. The molecule has 2 aromatic rings. The van der Waals surface area contributed by atoms with Gasteiger partial charge in [0, 0.05) is 9.35 Å². The van der Waals surface area contributed by atoms with Gasteiger partial charge in [-0.15, -0.1) is 11.3 Å². The number of carbonyl (C=O) groups is 2. The van der Waals surface area contributed by atoms with Crippen LogP contribution in [-0.2, 0) is 16.0 Å². The SMILES string of the molecule is CCOC(=O)c1c(NC(=O)COc2cc(C)c(Br)cc2C(C)C)sc2c1C(C)CCC2. The van der Waals surface area contributed by atoms with Crippen molar-refractivity contribution in [2.75, 3.05) is 18.5 Å². The van der Waals surface area contributed by atoms with Crippen molar-refractivity contribution in [3.63, 3.8) is 0 Å². The van der Waals surface area contributed by atoms with Gasteiger partial charge in [-0.05, 0) is 73.8 Å². The van der Waals surface area contributed by atoms with Gasteiger partial charge in [0.25, 0.3) is 5.91 Å². The number of nitrogens with one attached hydrogen (secondary N) is 1. The molecule has 3 rings (SSSR count). The smallest absolute Gasteiger partial charge is 0.341 e. The zero-order valence-corrected chi connectivity index (χ0v) is 21.2. The number of esters is 1. The summed E-state index contributed by atoms with van der Waals surface area (Å²) in [5, 5.41) is 3.49. The van der Waals surface area contributed by atoms with Crippen molar-refractivity contribution in [3.8, 4) is 5.75 Å². The minimum absolute atomic E-state index is 0.124. The molecule has 0 fully saturated rings. The number of fused-ring (bicyclic) bond motifs is 1. The zero-order valence-electron chi connectivity index (χ0n) is 18.8.